The van der Waals surface area contributed by atoms with Crippen LogP contribution in [-0.4, -0.2) is 50.3 Å². The smallest absolute Gasteiger partial charge is 0.332 e. The molecule has 0 unspecified atom stereocenters. The number of hydrogen-bond donors (Lipinski definition) is 1. The highest BCUT2D eigenvalue weighted by molar-refractivity contribution is 5.82. The molecular formula is C10H18N2O3. The van der Waals surface area contributed by atoms with Gasteiger partial charge in [-0.1, -0.05) is 0 Å². The Morgan fingerprint density at radius 3 is 2.80 bits per heavy atom. The fraction of sp³-hybridized carbons (Fsp3) is 0.700. The third kappa shape index (κ3) is 5.39. The van der Waals surface area contributed by atoms with Crippen LogP contribution in [0.3, 0.4) is 0 Å². The second kappa shape index (κ2) is 6.42. The molecule has 15 heavy (non-hydrogen) atoms. The first-order valence-corrected chi connectivity index (χ1v) is 5.09. The molecule has 0 saturated carbocycles. The van der Waals surface area contributed by atoms with Crippen molar-refractivity contribution in [1.82, 2.24) is 4.90 Å². The summed E-state index contributed by atoms with van der Waals surface area (Å²) in [6.45, 7) is 6.15. The maximum Gasteiger partial charge on any atom is 0.332 e. The Morgan fingerprint density at radius 1 is 1.53 bits per heavy atom. The molecule has 0 spiro atoms. The molecule has 0 radical (unpaired) electrons. The average molecular weight is 214 g/mol. The summed E-state index contributed by atoms with van der Waals surface area (Å²) >= 11 is 0. The first kappa shape index (κ1) is 12.0. The SMILES string of the molecule is CC(N)=CC(=O)OCCN1CCOCC1. The van der Waals surface area contributed by atoms with Gasteiger partial charge in [0, 0.05) is 31.4 Å². The molecule has 1 saturated heterocycles. The first-order valence-electron chi connectivity index (χ1n) is 5.09. The van der Waals surface area contributed by atoms with E-state index in [-0.39, 0.29) is 5.97 Å². The van der Waals surface area contributed by atoms with Crippen molar-refractivity contribution >= 4 is 5.97 Å². The van der Waals surface area contributed by atoms with Crippen LogP contribution >= 0.6 is 0 Å². The Hall–Kier alpha value is -1.07. The van der Waals surface area contributed by atoms with Crippen LogP contribution in [0.4, 0.5) is 0 Å². The Kier molecular flexibility index (Phi) is 5.14. The van der Waals surface area contributed by atoms with E-state index in [4.69, 9.17) is 15.2 Å². The van der Waals surface area contributed by atoms with Gasteiger partial charge in [0.1, 0.15) is 6.61 Å². The van der Waals surface area contributed by atoms with E-state index in [1.165, 1.54) is 6.08 Å². The van der Waals surface area contributed by atoms with Gasteiger partial charge in [0.05, 0.1) is 13.2 Å². The molecule has 5 nitrogen and oxygen atoms in total. The zero-order valence-corrected chi connectivity index (χ0v) is 9.07. The topological polar surface area (TPSA) is 64.8 Å². The average Bonchev–Trinajstić information content (AvgIpc) is 2.18. The zero-order valence-electron chi connectivity index (χ0n) is 9.07. The summed E-state index contributed by atoms with van der Waals surface area (Å²) in [5, 5.41) is 0. The second-order valence-corrected chi connectivity index (χ2v) is 3.51. The largest absolute Gasteiger partial charge is 0.461 e. The lowest BCUT2D eigenvalue weighted by atomic mass is 10.4. The van der Waals surface area contributed by atoms with Gasteiger partial charge in [-0.2, -0.15) is 0 Å². The number of hydrogen-bond acceptors (Lipinski definition) is 5. The summed E-state index contributed by atoms with van der Waals surface area (Å²) in [5.41, 5.74) is 5.81. The van der Waals surface area contributed by atoms with E-state index in [1.807, 2.05) is 0 Å². The maximum absolute atomic E-state index is 11.1. The number of carbonyl (C=O) groups is 1. The van der Waals surface area contributed by atoms with E-state index in [0.717, 1.165) is 32.8 Å². The van der Waals surface area contributed by atoms with Crippen LogP contribution in [0.25, 0.3) is 0 Å². The minimum Gasteiger partial charge on any atom is -0.461 e. The molecule has 2 N–H and O–H groups in total. The van der Waals surface area contributed by atoms with Crippen LogP contribution in [0.2, 0.25) is 0 Å². The number of allylic oxidation sites excluding steroid dienone is 1. The van der Waals surface area contributed by atoms with E-state index < -0.39 is 0 Å². The Balaban J connectivity index is 2.10. The van der Waals surface area contributed by atoms with Gasteiger partial charge in [-0.15, -0.1) is 0 Å². The first-order chi connectivity index (χ1) is 7.18. The quantitative estimate of drug-likeness (QED) is 0.515. The summed E-state index contributed by atoms with van der Waals surface area (Å²) in [6, 6.07) is 0. The minimum atomic E-state index is -0.372. The van der Waals surface area contributed by atoms with E-state index in [1.54, 1.807) is 6.92 Å². The molecule has 1 heterocycles. The Bertz CT molecular complexity index is 231. The number of nitrogens with two attached hydrogens (primary N) is 1. The number of rotatable bonds is 4. The molecule has 1 aliphatic rings. The molecule has 0 aromatic carbocycles. The summed E-state index contributed by atoms with van der Waals surface area (Å²) in [4.78, 5) is 13.3. The summed E-state index contributed by atoms with van der Waals surface area (Å²) in [5.74, 6) is -0.372. The fourth-order valence-electron chi connectivity index (χ4n) is 1.33. The van der Waals surface area contributed by atoms with Gasteiger partial charge in [0.2, 0.25) is 0 Å². The van der Waals surface area contributed by atoms with Crippen molar-refractivity contribution in [3.63, 3.8) is 0 Å². The van der Waals surface area contributed by atoms with Gasteiger partial charge in [0.15, 0.2) is 0 Å². The van der Waals surface area contributed by atoms with Crippen LogP contribution in [0.5, 0.6) is 0 Å². The number of esters is 1. The lowest BCUT2D eigenvalue weighted by Gasteiger charge is -2.25. The van der Waals surface area contributed by atoms with Crippen molar-refractivity contribution in [3.8, 4) is 0 Å². The van der Waals surface area contributed by atoms with Crippen molar-refractivity contribution in [2.45, 2.75) is 6.92 Å². The van der Waals surface area contributed by atoms with Crippen molar-refractivity contribution in [1.29, 1.82) is 0 Å². The summed E-state index contributed by atoms with van der Waals surface area (Å²) in [7, 11) is 0. The molecule has 0 amide bonds. The molecule has 0 atom stereocenters. The summed E-state index contributed by atoms with van der Waals surface area (Å²) in [6.07, 6.45) is 1.29. The number of nitrogens with zero attached hydrogens (tertiary/aromatic N) is 1. The molecule has 1 rings (SSSR count). The van der Waals surface area contributed by atoms with Gasteiger partial charge < -0.3 is 15.2 Å². The van der Waals surface area contributed by atoms with Gasteiger partial charge in [-0.05, 0) is 6.92 Å². The third-order valence-corrected chi connectivity index (χ3v) is 2.10. The van der Waals surface area contributed by atoms with Crippen LogP contribution in [-0.2, 0) is 14.3 Å². The standard InChI is InChI=1S/C10H18N2O3/c1-9(11)8-10(13)15-7-4-12-2-5-14-6-3-12/h8H,2-7,11H2,1H3. The predicted molar refractivity (Wildman–Crippen MR) is 56.2 cm³/mol. The van der Waals surface area contributed by atoms with Crippen LogP contribution in [0.15, 0.2) is 11.8 Å². The Labute approximate surface area is 89.8 Å². The normalized spacial score (nSPS) is 18.9. The highest BCUT2D eigenvalue weighted by Crippen LogP contribution is 1.96. The van der Waals surface area contributed by atoms with E-state index >= 15 is 0 Å². The van der Waals surface area contributed by atoms with Crippen LogP contribution in [0, 0.1) is 0 Å². The number of ether oxygens (including phenoxy) is 2. The monoisotopic (exact) mass is 214 g/mol. The van der Waals surface area contributed by atoms with E-state index in [0.29, 0.717) is 12.3 Å². The molecule has 1 fully saturated rings. The van der Waals surface area contributed by atoms with Gasteiger partial charge in [0.25, 0.3) is 0 Å². The summed E-state index contributed by atoms with van der Waals surface area (Å²) < 4.78 is 10.2. The number of carbonyl (C=O) groups excluding carboxylic acids is 1. The maximum atomic E-state index is 11.1. The van der Waals surface area contributed by atoms with Crippen molar-refractivity contribution in [3.05, 3.63) is 11.8 Å². The van der Waals surface area contributed by atoms with Crippen molar-refractivity contribution in [2.75, 3.05) is 39.5 Å². The van der Waals surface area contributed by atoms with Crippen LogP contribution in [0.1, 0.15) is 6.92 Å². The van der Waals surface area contributed by atoms with Crippen molar-refractivity contribution in [2.24, 2.45) is 5.73 Å². The highest BCUT2D eigenvalue weighted by Gasteiger charge is 2.10. The Morgan fingerprint density at radius 2 is 2.20 bits per heavy atom. The van der Waals surface area contributed by atoms with Gasteiger partial charge in [-0.3, -0.25) is 4.90 Å². The fourth-order valence-corrected chi connectivity index (χ4v) is 1.33. The molecule has 5 heteroatoms. The van der Waals surface area contributed by atoms with Crippen molar-refractivity contribution < 1.29 is 14.3 Å². The van der Waals surface area contributed by atoms with E-state index in [2.05, 4.69) is 4.90 Å². The second-order valence-electron chi connectivity index (χ2n) is 3.51. The molecule has 0 aromatic rings. The molecule has 1 aliphatic heterocycles. The molecular weight excluding hydrogens is 196 g/mol. The minimum absolute atomic E-state index is 0.372. The predicted octanol–water partition coefficient (Wildman–Crippen LogP) is -0.276. The number of morpholine rings is 1. The zero-order chi connectivity index (χ0) is 11.1. The van der Waals surface area contributed by atoms with Gasteiger partial charge >= 0.3 is 5.97 Å². The molecule has 0 bridgehead atoms. The lowest BCUT2D eigenvalue weighted by molar-refractivity contribution is -0.138. The third-order valence-electron chi connectivity index (χ3n) is 2.10. The molecule has 86 valence electrons. The highest BCUT2D eigenvalue weighted by atomic mass is 16.5. The van der Waals surface area contributed by atoms with E-state index in [9.17, 15) is 4.79 Å². The molecule has 0 aliphatic carbocycles. The van der Waals surface area contributed by atoms with Gasteiger partial charge in [-0.25, -0.2) is 4.79 Å². The molecule has 0 aromatic heterocycles. The van der Waals surface area contributed by atoms with Crippen LogP contribution < -0.4 is 5.73 Å². The lowest BCUT2D eigenvalue weighted by Crippen LogP contribution is -2.38.